The van der Waals surface area contributed by atoms with E-state index in [1.807, 2.05) is 16.8 Å². The first-order chi connectivity index (χ1) is 8.29. The third-order valence-corrected chi connectivity index (χ3v) is 4.82. The van der Waals surface area contributed by atoms with Crippen LogP contribution in [0.2, 0.25) is 0 Å². The van der Waals surface area contributed by atoms with Crippen molar-refractivity contribution in [3.05, 3.63) is 38.5 Å². The second-order valence-corrected chi connectivity index (χ2v) is 5.98. The van der Waals surface area contributed by atoms with Gasteiger partial charge in [0.25, 0.3) is 0 Å². The Labute approximate surface area is 111 Å². The SMILES string of the molecule is CCc1ccc(C(C)NCCc2cscn2)s1. The summed E-state index contributed by atoms with van der Waals surface area (Å²) in [4.78, 5) is 7.18. The highest BCUT2D eigenvalue weighted by Gasteiger charge is 2.07. The maximum Gasteiger partial charge on any atom is 0.0794 e. The Balaban J connectivity index is 1.78. The molecule has 4 heteroatoms. The number of hydrogen-bond donors (Lipinski definition) is 1. The number of aryl methyl sites for hydroxylation is 1. The molecule has 0 aliphatic heterocycles. The number of aromatic nitrogens is 1. The third-order valence-electron chi connectivity index (χ3n) is 2.77. The molecule has 0 saturated heterocycles. The van der Waals surface area contributed by atoms with Gasteiger partial charge in [0.05, 0.1) is 11.2 Å². The van der Waals surface area contributed by atoms with Crippen molar-refractivity contribution in [3.63, 3.8) is 0 Å². The normalized spacial score (nSPS) is 12.8. The van der Waals surface area contributed by atoms with Gasteiger partial charge in [0.15, 0.2) is 0 Å². The second-order valence-electron chi connectivity index (χ2n) is 4.06. The number of hydrogen-bond acceptors (Lipinski definition) is 4. The van der Waals surface area contributed by atoms with Crippen LogP contribution in [0.15, 0.2) is 23.0 Å². The standard InChI is InChI=1S/C13H18N2S2/c1-3-12-4-5-13(17-12)10(2)14-7-6-11-8-16-9-15-11/h4-5,8-10,14H,3,6-7H2,1-2H3. The molecule has 0 radical (unpaired) electrons. The average molecular weight is 266 g/mol. The fourth-order valence-electron chi connectivity index (χ4n) is 1.70. The molecule has 0 aliphatic carbocycles. The minimum atomic E-state index is 0.443. The van der Waals surface area contributed by atoms with Gasteiger partial charge >= 0.3 is 0 Å². The van der Waals surface area contributed by atoms with Crippen LogP contribution >= 0.6 is 22.7 Å². The number of thiazole rings is 1. The zero-order valence-electron chi connectivity index (χ0n) is 10.3. The molecule has 17 heavy (non-hydrogen) atoms. The van der Waals surface area contributed by atoms with Crippen LogP contribution in [0, 0.1) is 0 Å². The highest BCUT2D eigenvalue weighted by molar-refractivity contribution is 7.12. The summed E-state index contributed by atoms with van der Waals surface area (Å²) in [5.41, 5.74) is 3.08. The van der Waals surface area contributed by atoms with E-state index in [2.05, 4.69) is 41.7 Å². The molecule has 92 valence electrons. The van der Waals surface area contributed by atoms with Crippen LogP contribution in [0.5, 0.6) is 0 Å². The molecule has 2 rings (SSSR count). The molecule has 0 saturated carbocycles. The fourth-order valence-corrected chi connectivity index (χ4v) is 3.27. The van der Waals surface area contributed by atoms with E-state index in [-0.39, 0.29) is 0 Å². The largest absolute Gasteiger partial charge is 0.309 e. The molecule has 1 N–H and O–H groups in total. The Kier molecular flexibility index (Phi) is 4.71. The lowest BCUT2D eigenvalue weighted by Gasteiger charge is -2.11. The average Bonchev–Trinajstić information content (AvgIpc) is 2.99. The Morgan fingerprint density at radius 3 is 2.94 bits per heavy atom. The number of thiophene rings is 1. The first-order valence-electron chi connectivity index (χ1n) is 5.98. The van der Waals surface area contributed by atoms with Crippen LogP contribution in [0.25, 0.3) is 0 Å². The van der Waals surface area contributed by atoms with Crippen LogP contribution in [-0.2, 0) is 12.8 Å². The van der Waals surface area contributed by atoms with Gasteiger partial charge in [0.1, 0.15) is 0 Å². The molecule has 0 aliphatic rings. The van der Waals surface area contributed by atoms with E-state index >= 15 is 0 Å². The second kappa shape index (κ2) is 6.28. The fraction of sp³-hybridized carbons (Fsp3) is 0.462. The highest BCUT2D eigenvalue weighted by Crippen LogP contribution is 2.23. The zero-order chi connectivity index (χ0) is 12.1. The van der Waals surface area contributed by atoms with Crippen molar-refractivity contribution in [1.29, 1.82) is 0 Å². The first-order valence-corrected chi connectivity index (χ1v) is 7.74. The molecule has 2 aromatic heterocycles. The van der Waals surface area contributed by atoms with Crippen molar-refractivity contribution in [2.75, 3.05) is 6.54 Å². The van der Waals surface area contributed by atoms with Crippen LogP contribution in [0.1, 0.15) is 35.3 Å². The van der Waals surface area contributed by atoms with Crippen LogP contribution < -0.4 is 5.32 Å². The molecule has 0 amide bonds. The molecule has 2 aromatic rings. The van der Waals surface area contributed by atoms with Crippen molar-refractivity contribution in [2.24, 2.45) is 0 Å². The Morgan fingerprint density at radius 1 is 1.41 bits per heavy atom. The van der Waals surface area contributed by atoms with Crippen molar-refractivity contribution in [2.45, 2.75) is 32.7 Å². The van der Waals surface area contributed by atoms with Gasteiger partial charge in [0, 0.05) is 34.1 Å². The van der Waals surface area contributed by atoms with Gasteiger partial charge in [0.2, 0.25) is 0 Å². The van der Waals surface area contributed by atoms with E-state index in [1.165, 1.54) is 15.4 Å². The van der Waals surface area contributed by atoms with Gasteiger partial charge in [-0.1, -0.05) is 6.92 Å². The van der Waals surface area contributed by atoms with Crippen molar-refractivity contribution in [3.8, 4) is 0 Å². The Hall–Kier alpha value is -0.710. The predicted octanol–water partition coefficient (Wildman–Crippen LogP) is 3.66. The summed E-state index contributed by atoms with van der Waals surface area (Å²) in [5.74, 6) is 0. The van der Waals surface area contributed by atoms with Crippen LogP contribution in [0.4, 0.5) is 0 Å². The molecule has 2 nitrogen and oxygen atoms in total. The molecule has 0 spiro atoms. The molecular weight excluding hydrogens is 248 g/mol. The lowest BCUT2D eigenvalue weighted by atomic mass is 10.2. The molecular formula is C13H18N2S2. The van der Waals surface area contributed by atoms with Gasteiger partial charge in [-0.2, -0.15) is 0 Å². The number of nitrogens with one attached hydrogen (secondary N) is 1. The topological polar surface area (TPSA) is 24.9 Å². The molecule has 2 heterocycles. The van der Waals surface area contributed by atoms with Gasteiger partial charge in [-0.05, 0) is 25.5 Å². The minimum Gasteiger partial charge on any atom is -0.309 e. The summed E-state index contributed by atoms with van der Waals surface area (Å²) < 4.78 is 0. The van der Waals surface area contributed by atoms with E-state index in [1.54, 1.807) is 11.3 Å². The third kappa shape index (κ3) is 3.63. The zero-order valence-corrected chi connectivity index (χ0v) is 11.9. The molecule has 0 aromatic carbocycles. The summed E-state index contributed by atoms with van der Waals surface area (Å²) >= 11 is 3.58. The maximum absolute atomic E-state index is 4.28. The molecule has 0 fully saturated rings. The smallest absolute Gasteiger partial charge is 0.0794 e. The van der Waals surface area contributed by atoms with E-state index in [4.69, 9.17) is 0 Å². The molecule has 0 bridgehead atoms. The van der Waals surface area contributed by atoms with Crippen LogP contribution in [0.3, 0.4) is 0 Å². The number of nitrogens with zero attached hydrogens (tertiary/aromatic N) is 1. The quantitative estimate of drug-likeness (QED) is 0.863. The lowest BCUT2D eigenvalue weighted by molar-refractivity contribution is 0.582. The van der Waals surface area contributed by atoms with E-state index in [0.29, 0.717) is 6.04 Å². The van der Waals surface area contributed by atoms with Crippen LogP contribution in [-0.4, -0.2) is 11.5 Å². The monoisotopic (exact) mass is 266 g/mol. The van der Waals surface area contributed by atoms with Crippen molar-refractivity contribution < 1.29 is 0 Å². The summed E-state index contributed by atoms with van der Waals surface area (Å²) in [6, 6.07) is 4.92. The van der Waals surface area contributed by atoms with E-state index in [0.717, 1.165) is 19.4 Å². The van der Waals surface area contributed by atoms with Crippen molar-refractivity contribution >= 4 is 22.7 Å². The van der Waals surface area contributed by atoms with E-state index in [9.17, 15) is 0 Å². The highest BCUT2D eigenvalue weighted by atomic mass is 32.1. The van der Waals surface area contributed by atoms with Gasteiger partial charge in [-0.15, -0.1) is 22.7 Å². The van der Waals surface area contributed by atoms with Crippen molar-refractivity contribution in [1.82, 2.24) is 10.3 Å². The lowest BCUT2D eigenvalue weighted by Crippen LogP contribution is -2.20. The van der Waals surface area contributed by atoms with E-state index < -0.39 is 0 Å². The molecule has 1 unspecified atom stereocenters. The summed E-state index contributed by atoms with van der Waals surface area (Å²) in [5, 5.41) is 5.67. The first kappa shape index (κ1) is 12.7. The number of rotatable bonds is 6. The summed E-state index contributed by atoms with van der Waals surface area (Å²) in [7, 11) is 0. The maximum atomic E-state index is 4.28. The summed E-state index contributed by atoms with van der Waals surface area (Å²) in [6.45, 7) is 5.42. The van der Waals surface area contributed by atoms with Gasteiger partial charge in [-0.25, -0.2) is 4.98 Å². The minimum absolute atomic E-state index is 0.443. The Morgan fingerprint density at radius 2 is 2.29 bits per heavy atom. The summed E-state index contributed by atoms with van der Waals surface area (Å²) in [6.07, 6.45) is 2.15. The molecule has 1 atom stereocenters. The Bertz CT molecular complexity index is 434. The predicted molar refractivity (Wildman–Crippen MR) is 75.9 cm³/mol. The van der Waals surface area contributed by atoms with Gasteiger partial charge < -0.3 is 5.32 Å². The van der Waals surface area contributed by atoms with Gasteiger partial charge in [-0.3, -0.25) is 0 Å².